The number of carboxylic acids is 1. The highest BCUT2D eigenvalue weighted by molar-refractivity contribution is 7.59. The number of nitrogens with zero attached hydrogens (tertiary/aromatic N) is 4. The van der Waals surface area contributed by atoms with Gasteiger partial charge in [0.05, 0.1) is 19.0 Å². The van der Waals surface area contributed by atoms with Gasteiger partial charge in [0.1, 0.15) is 23.7 Å². The maximum absolute atomic E-state index is 13.9. The summed E-state index contributed by atoms with van der Waals surface area (Å²) in [6.07, 6.45) is 2.30. The average molecular weight is 510 g/mol. The van der Waals surface area contributed by atoms with Crippen LogP contribution in [0.1, 0.15) is 39.3 Å². The minimum absolute atomic E-state index is 0.243. The molecule has 184 valence electrons. The van der Waals surface area contributed by atoms with E-state index in [-0.39, 0.29) is 18.2 Å². The van der Waals surface area contributed by atoms with E-state index in [9.17, 15) is 14.5 Å². The van der Waals surface area contributed by atoms with Crippen molar-refractivity contribution >= 4 is 42.0 Å². The molecule has 0 amide bonds. The first kappa shape index (κ1) is 26.1. The number of aliphatic carboxylic acids is 1. The number of fused-ring (bicyclic) bond motifs is 1. The van der Waals surface area contributed by atoms with Gasteiger partial charge in [0.25, 0.3) is 0 Å². The molecule has 0 aliphatic heterocycles. The zero-order chi connectivity index (χ0) is 25.1. The van der Waals surface area contributed by atoms with Gasteiger partial charge in [-0.1, -0.05) is 23.7 Å². The molecule has 0 aliphatic carbocycles. The number of imidazole rings is 1. The Bertz CT molecular complexity index is 1200. The Hall–Kier alpha value is -2.56. The van der Waals surface area contributed by atoms with Crippen LogP contribution in [-0.2, 0) is 20.6 Å². The maximum Gasteiger partial charge on any atom is 0.323 e. The molecule has 3 aromatic rings. The molecule has 0 aliphatic rings. The summed E-state index contributed by atoms with van der Waals surface area (Å²) in [6.45, 7) is 6.90. The van der Waals surface area contributed by atoms with Crippen molar-refractivity contribution in [2.75, 3.05) is 12.1 Å². The first-order valence-electron chi connectivity index (χ1n) is 10.6. The molecular weight excluding hydrogens is 481 g/mol. The lowest BCUT2D eigenvalue weighted by Gasteiger charge is -2.32. The van der Waals surface area contributed by atoms with E-state index in [1.165, 1.54) is 20.2 Å². The summed E-state index contributed by atoms with van der Waals surface area (Å²) >= 11 is 5.97. The third kappa shape index (κ3) is 6.31. The fourth-order valence-corrected chi connectivity index (χ4v) is 5.90. The van der Waals surface area contributed by atoms with Crippen molar-refractivity contribution in [3.05, 3.63) is 47.5 Å². The topological polar surface area (TPSA) is 157 Å². The van der Waals surface area contributed by atoms with Crippen molar-refractivity contribution < 1.29 is 19.2 Å². The van der Waals surface area contributed by atoms with E-state index >= 15 is 0 Å². The Morgan fingerprint density at radius 2 is 1.94 bits per heavy atom. The second-order valence-corrected chi connectivity index (χ2v) is 11.3. The van der Waals surface area contributed by atoms with Crippen LogP contribution in [0.5, 0.6) is 0 Å². The molecule has 2 aromatic heterocycles. The van der Waals surface area contributed by atoms with Gasteiger partial charge in [-0.2, -0.15) is 0 Å². The lowest BCUT2D eigenvalue weighted by atomic mass is 10.1. The number of carbonyl (C=O) groups is 1. The van der Waals surface area contributed by atoms with Crippen molar-refractivity contribution in [3.63, 3.8) is 0 Å². The van der Waals surface area contributed by atoms with Crippen LogP contribution < -0.4 is 15.9 Å². The van der Waals surface area contributed by atoms with Gasteiger partial charge in [0, 0.05) is 11.1 Å². The van der Waals surface area contributed by atoms with E-state index in [0.29, 0.717) is 22.7 Å². The Morgan fingerprint density at radius 1 is 1.26 bits per heavy atom. The standard InChI is InChI=1S/C21H29ClN7O4P/c1-13(9-29-11-26-17-18(23)24-10-25-19(17)29)33-12-34(32,28-21(3,4)20(30)31)27-14(2)15-5-7-16(22)8-6-15/h5-8,10-11,13-14H,9,12H2,1-4H3,(H,30,31)(H2,23,24,25)(H2,27,28,32)/t13-,14-,34+/m1/s1. The van der Waals surface area contributed by atoms with E-state index < -0.39 is 25.1 Å². The number of nitrogen functional groups attached to an aromatic ring is 1. The van der Waals surface area contributed by atoms with Crippen molar-refractivity contribution in [1.29, 1.82) is 0 Å². The van der Waals surface area contributed by atoms with Crippen LogP contribution >= 0.6 is 19.0 Å². The Labute approximate surface area is 202 Å². The number of nitrogens with two attached hydrogens (primary N) is 1. The maximum atomic E-state index is 13.9. The normalized spacial score (nSPS) is 15.7. The number of carboxylic acid groups (broad SMARTS) is 1. The number of hydrogen-bond acceptors (Lipinski definition) is 7. The highest BCUT2D eigenvalue weighted by Gasteiger charge is 2.37. The molecule has 0 fully saturated rings. The zero-order valence-electron chi connectivity index (χ0n) is 19.4. The SMILES string of the molecule is C[C@H](Cn1cnc2c(N)ncnc21)OC[P@](=O)(N[C@H](C)c1ccc(Cl)cc1)NC(C)(C)C(=O)O. The second-order valence-electron chi connectivity index (χ2n) is 8.62. The summed E-state index contributed by atoms with van der Waals surface area (Å²) in [6, 6.07) is 6.73. The van der Waals surface area contributed by atoms with Gasteiger partial charge in [-0.25, -0.2) is 25.1 Å². The van der Waals surface area contributed by atoms with Gasteiger partial charge in [0.2, 0.25) is 7.44 Å². The fraction of sp³-hybridized carbons (Fsp3) is 0.429. The zero-order valence-corrected chi connectivity index (χ0v) is 21.0. The lowest BCUT2D eigenvalue weighted by molar-refractivity contribution is -0.142. The molecule has 1 aromatic carbocycles. The molecule has 0 saturated heterocycles. The summed E-state index contributed by atoms with van der Waals surface area (Å²) in [5, 5.41) is 16.0. The van der Waals surface area contributed by atoms with Crippen LogP contribution in [0.25, 0.3) is 11.2 Å². The third-order valence-corrected chi connectivity index (χ3v) is 7.68. The molecule has 2 heterocycles. The summed E-state index contributed by atoms with van der Waals surface area (Å²) in [7, 11) is -3.53. The molecule has 0 radical (unpaired) electrons. The largest absolute Gasteiger partial charge is 0.480 e. The van der Waals surface area contributed by atoms with Crippen LogP contribution in [-0.4, -0.2) is 48.6 Å². The Balaban J connectivity index is 1.74. The Morgan fingerprint density at radius 3 is 2.59 bits per heavy atom. The van der Waals surface area contributed by atoms with Crippen molar-refractivity contribution in [3.8, 4) is 0 Å². The molecule has 11 nitrogen and oxygen atoms in total. The van der Waals surface area contributed by atoms with Gasteiger partial charge in [-0.15, -0.1) is 0 Å². The molecule has 0 bridgehead atoms. The number of nitrogens with one attached hydrogen (secondary N) is 2. The number of anilines is 1. The van der Waals surface area contributed by atoms with E-state index in [1.807, 2.05) is 26.0 Å². The average Bonchev–Trinajstić information content (AvgIpc) is 3.16. The van der Waals surface area contributed by atoms with Crippen LogP contribution in [0.15, 0.2) is 36.9 Å². The smallest absolute Gasteiger partial charge is 0.323 e. The molecule has 0 unspecified atom stereocenters. The number of ether oxygens (including phenoxy) is 1. The molecular formula is C21H29ClN7O4P. The monoisotopic (exact) mass is 509 g/mol. The highest BCUT2D eigenvalue weighted by atomic mass is 35.5. The van der Waals surface area contributed by atoms with E-state index in [1.54, 1.807) is 23.0 Å². The molecule has 13 heteroatoms. The molecule has 3 atom stereocenters. The van der Waals surface area contributed by atoms with Crippen LogP contribution in [0.3, 0.4) is 0 Å². The van der Waals surface area contributed by atoms with Crippen molar-refractivity contribution in [2.24, 2.45) is 0 Å². The number of halogens is 1. The minimum Gasteiger partial charge on any atom is -0.480 e. The van der Waals surface area contributed by atoms with Gasteiger partial charge in [0.15, 0.2) is 11.5 Å². The number of hydrogen-bond donors (Lipinski definition) is 4. The summed E-state index contributed by atoms with van der Waals surface area (Å²) < 4.78 is 21.5. The van der Waals surface area contributed by atoms with Crippen molar-refractivity contribution in [1.82, 2.24) is 29.7 Å². The predicted octanol–water partition coefficient (Wildman–Crippen LogP) is 3.42. The number of benzene rings is 1. The first-order chi connectivity index (χ1) is 15.9. The molecule has 0 spiro atoms. The summed E-state index contributed by atoms with van der Waals surface area (Å²) in [4.78, 5) is 24.1. The van der Waals surface area contributed by atoms with E-state index in [0.717, 1.165) is 5.56 Å². The van der Waals surface area contributed by atoms with Gasteiger partial charge >= 0.3 is 5.97 Å². The number of aromatic nitrogens is 4. The molecule has 0 saturated carbocycles. The fourth-order valence-electron chi connectivity index (χ4n) is 3.33. The lowest BCUT2D eigenvalue weighted by Crippen LogP contribution is -2.47. The van der Waals surface area contributed by atoms with Gasteiger partial charge in [-0.05, 0) is 45.4 Å². The molecule has 5 N–H and O–H groups in total. The van der Waals surface area contributed by atoms with Crippen LogP contribution in [0.4, 0.5) is 5.82 Å². The predicted molar refractivity (Wildman–Crippen MR) is 131 cm³/mol. The second kappa shape index (κ2) is 10.4. The highest BCUT2D eigenvalue weighted by Crippen LogP contribution is 2.42. The van der Waals surface area contributed by atoms with Gasteiger partial charge < -0.3 is 20.1 Å². The van der Waals surface area contributed by atoms with Crippen molar-refractivity contribution in [2.45, 2.75) is 51.9 Å². The van der Waals surface area contributed by atoms with E-state index in [4.69, 9.17) is 22.1 Å². The molecule has 3 rings (SSSR count). The minimum atomic E-state index is -3.53. The number of rotatable bonds is 11. The van der Waals surface area contributed by atoms with Crippen LogP contribution in [0, 0.1) is 0 Å². The molecule has 34 heavy (non-hydrogen) atoms. The first-order valence-corrected chi connectivity index (χ1v) is 12.9. The quantitative estimate of drug-likeness (QED) is 0.282. The summed E-state index contributed by atoms with van der Waals surface area (Å²) in [5.41, 5.74) is 6.27. The third-order valence-electron chi connectivity index (χ3n) is 5.19. The van der Waals surface area contributed by atoms with Crippen LogP contribution in [0.2, 0.25) is 5.02 Å². The van der Waals surface area contributed by atoms with Gasteiger partial charge in [-0.3, -0.25) is 9.36 Å². The van der Waals surface area contributed by atoms with E-state index in [2.05, 4.69) is 25.1 Å². The summed E-state index contributed by atoms with van der Waals surface area (Å²) in [5.74, 6) is -0.855. The Kier molecular flexibility index (Phi) is 7.95.